The molecule has 0 unspecified atom stereocenters. The summed E-state index contributed by atoms with van der Waals surface area (Å²) in [5, 5.41) is 2.74. The number of benzene rings is 8. The molecule has 0 spiro atoms. The van der Waals surface area contributed by atoms with Crippen LogP contribution < -0.4 is 20.6 Å². The molecule has 0 atom stereocenters. The van der Waals surface area contributed by atoms with Crippen molar-refractivity contribution in [2.24, 2.45) is 0 Å². The van der Waals surface area contributed by atoms with Crippen LogP contribution in [0.1, 0.15) is 109 Å². The summed E-state index contributed by atoms with van der Waals surface area (Å²) in [5.74, 6) is 0. The average molecular weight is 913 g/mol. The van der Waals surface area contributed by atoms with Gasteiger partial charge in [0.2, 0.25) is 0 Å². The second-order valence-electron chi connectivity index (χ2n) is 23.5. The summed E-state index contributed by atoms with van der Waals surface area (Å²) in [6.07, 6.45) is 4.69. The van der Waals surface area contributed by atoms with Gasteiger partial charge in [-0.15, -0.1) is 11.3 Å². The third-order valence-electron chi connectivity index (χ3n) is 17.3. The molecule has 1 aromatic heterocycles. The number of aryl methyl sites for hydroxylation is 1. The zero-order chi connectivity index (χ0) is 47.4. The maximum absolute atomic E-state index is 2.75. The van der Waals surface area contributed by atoms with Gasteiger partial charge in [0.25, 0.3) is 0 Å². The molecule has 0 radical (unpaired) electrons. The fourth-order valence-corrected chi connectivity index (χ4v) is 14.2. The standard InChI is InChI=1S/C65H61BN2S/c1-40-34-48-50(64(6,7)32-30-62(48,2)3)37-53(40)67-55-35-44(42-20-14-11-15-21-42)26-29-52(55)66-61-56(67)39-58-59(46-22-16-17-23-57(46)69-58)60(61)47-36-49-51(65(8,9)33-31-63(49,4)5)38-54(47)68(66)45-27-24-43(25-28-45)41-18-12-10-13-19-41/h10-29,34-39H,30-33H2,1-9H3. The van der Waals surface area contributed by atoms with E-state index < -0.39 is 0 Å². The topological polar surface area (TPSA) is 6.48 Å². The number of hydrogen-bond acceptors (Lipinski definition) is 3. The minimum Gasteiger partial charge on any atom is -0.376 e. The Morgan fingerprint density at radius 3 is 1.61 bits per heavy atom. The Balaban J connectivity index is 1.19. The monoisotopic (exact) mass is 912 g/mol. The number of nitrogens with zero attached hydrogens (tertiary/aromatic N) is 2. The Morgan fingerprint density at radius 1 is 0.449 bits per heavy atom. The highest BCUT2D eigenvalue weighted by molar-refractivity contribution is 7.26. The van der Waals surface area contributed by atoms with Gasteiger partial charge in [0.05, 0.1) is 0 Å². The fourth-order valence-electron chi connectivity index (χ4n) is 13.0. The van der Waals surface area contributed by atoms with Gasteiger partial charge >= 0.3 is 6.85 Å². The summed E-state index contributed by atoms with van der Waals surface area (Å²) in [5.41, 5.74) is 24.3. The minimum atomic E-state index is -0.102. The molecule has 0 saturated carbocycles. The van der Waals surface area contributed by atoms with Crippen LogP contribution in [0.3, 0.4) is 0 Å². The van der Waals surface area contributed by atoms with Crippen molar-refractivity contribution in [3.63, 3.8) is 0 Å². The normalized spacial score (nSPS) is 17.8. The van der Waals surface area contributed by atoms with Gasteiger partial charge in [-0.2, -0.15) is 0 Å². The van der Waals surface area contributed by atoms with Crippen molar-refractivity contribution in [3.05, 3.63) is 186 Å². The molecular formula is C65H61BN2S. The van der Waals surface area contributed by atoms with E-state index in [-0.39, 0.29) is 28.5 Å². The summed E-state index contributed by atoms with van der Waals surface area (Å²) >= 11 is 1.95. The predicted molar refractivity (Wildman–Crippen MR) is 299 cm³/mol. The molecule has 0 N–H and O–H groups in total. The number of anilines is 5. The van der Waals surface area contributed by atoms with Crippen LogP contribution in [0.25, 0.3) is 53.6 Å². The smallest absolute Gasteiger partial charge is 0.333 e. The lowest BCUT2D eigenvalue weighted by Crippen LogP contribution is -2.61. The zero-order valence-electron chi connectivity index (χ0n) is 41.7. The second kappa shape index (κ2) is 14.8. The Kier molecular flexibility index (Phi) is 9.18. The summed E-state index contributed by atoms with van der Waals surface area (Å²) < 4.78 is 2.68. The molecule has 3 heterocycles. The maximum Gasteiger partial charge on any atom is 0.333 e. The molecule has 69 heavy (non-hydrogen) atoms. The Morgan fingerprint density at radius 2 is 0.971 bits per heavy atom. The number of thiophene rings is 1. The van der Waals surface area contributed by atoms with Gasteiger partial charge in [-0.3, -0.25) is 0 Å². The molecule has 0 bridgehead atoms. The van der Waals surface area contributed by atoms with Crippen LogP contribution in [0.4, 0.5) is 28.4 Å². The van der Waals surface area contributed by atoms with Crippen molar-refractivity contribution in [3.8, 4) is 33.4 Å². The Hall–Kier alpha value is -6.36. The second-order valence-corrected chi connectivity index (χ2v) is 24.5. The van der Waals surface area contributed by atoms with E-state index in [0.717, 1.165) is 6.42 Å². The summed E-state index contributed by atoms with van der Waals surface area (Å²) in [4.78, 5) is 5.46. The van der Waals surface area contributed by atoms with Gasteiger partial charge in [-0.25, -0.2) is 0 Å². The lowest BCUT2D eigenvalue weighted by Gasteiger charge is -2.49. The van der Waals surface area contributed by atoms with Gasteiger partial charge in [0.1, 0.15) is 0 Å². The fraction of sp³-hybridized carbons (Fsp3) is 0.262. The largest absolute Gasteiger partial charge is 0.376 e. The van der Waals surface area contributed by atoms with E-state index >= 15 is 0 Å². The Labute approximate surface area is 413 Å². The van der Waals surface area contributed by atoms with E-state index in [1.807, 2.05) is 11.3 Å². The Bertz CT molecular complexity index is 3580. The lowest BCUT2D eigenvalue weighted by molar-refractivity contribution is 0.332. The van der Waals surface area contributed by atoms with Gasteiger partial charge in [0, 0.05) is 54.2 Å². The van der Waals surface area contributed by atoms with E-state index in [1.165, 1.54) is 140 Å². The van der Waals surface area contributed by atoms with Gasteiger partial charge in [-0.05, 0) is 169 Å². The minimum absolute atomic E-state index is 0.0351. The molecule has 8 aromatic carbocycles. The van der Waals surface area contributed by atoms with Crippen LogP contribution in [0.5, 0.6) is 0 Å². The molecule has 9 aromatic rings. The molecule has 2 aliphatic carbocycles. The number of rotatable bonds is 4. The van der Waals surface area contributed by atoms with E-state index in [1.54, 1.807) is 0 Å². The molecule has 0 amide bonds. The highest BCUT2D eigenvalue weighted by Crippen LogP contribution is 2.57. The van der Waals surface area contributed by atoms with E-state index in [4.69, 9.17) is 0 Å². The highest BCUT2D eigenvalue weighted by atomic mass is 32.1. The molecule has 4 aliphatic rings. The van der Waals surface area contributed by atoms with Crippen LogP contribution >= 0.6 is 11.3 Å². The van der Waals surface area contributed by atoms with E-state index in [0.29, 0.717) is 0 Å². The first kappa shape index (κ1) is 42.7. The average Bonchev–Trinajstić information content (AvgIpc) is 3.73. The van der Waals surface area contributed by atoms with Crippen molar-refractivity contribution in [1.82, 2.24) is 0 Å². The summed E-state index contributed by atoms with van der Waals surface area (Å²) in [6.45, 7) is 22.1. The van der Waals surface area contributed by atoms with Crippen molar-refractivity contribution >= 4 is 77.7 Å². The van der Waals surface area contributed by atoms with Gasteiger partial charge in [0.15, 0.2) is 0 Å². The third kappa shape index (κ3) is 6.36. The zero-order valence-corrected chi connectivity index (χ0v) is 42.5. The summed E-state index contributed by atoms with van der Waals surface area (Å²) in [7, 11) is 0. The van der Waals surface area contributed by atoms with Crippen molar-refractivity contribution < 1.29 is 0 Å². The van der Waals surface area contributed by atoms with Crippen LogP contribution in [-0.4, -0.2) is 6.85 Å². The SMILES string of the molecule is Cc1cc2c(cc1N1c3cc(-c4ccccc4)ccc3B3c4c1cc1sc5ccccc5c1c4-c1cc4c(cc1N3c1ccc(-c3ccccc3)cc1)C(C)(C)CCC4(C)C)C(C)(C)CCC2(C)C. The first-order valence-corrected chi connectivity index (χ1v) is 26.2. The van der Waals surface area contributed by atoms with Crippen molar-refractivity contribution in [1.29, 1.82) is 0 Å². The molecule has 4 heteroatoms. The molecule has 340 valence electrons. The van der Waals surface area contributed by atoms with Gasteiger partial charge < -0.3 is 9.71 Å². The molecule has 2 nitrogen and oxygen atoms in total. The third-order valence-corrected chi connectivity index (χ3v) is 18.4. The van der Waals surface area contributed by atoms with E-state index in [2.05, 4.69) is 230 Å². The van der Waals surface area contributed by atoms with Gasteiger partial charge in [-0.1, -0.05) is 165 Å². The quantitative estimate of drug-likeness (QED) is 0.162. The van der Waals surface area contributed by atoms with Crippen molar-refractivity contribution in [2.75, 3.05) is 9.71 Å². The predicted octanol–water partition coefficient (Wildman–Crippen LogP) is 17.1. The molecular weight excluding hydrogens is 852 g/mol. The number of hydrogen-bond donors (Lipinski definition) is 0. The van der Waals surface area contributed by atoms with Crippen LogP contribution in [0.15, 0.2) is 158 Å². The van der Waals surface area contributed by atoms with Crippen LogP contribution in [0, 0.1) is 6.92 Å². The van der Waals surface area contributed by atoms with Crippen molar-refractivity contribution in [2.45, 2.75) is 110 Å². The molecule has 13 rings (SSSR count). The summed E-state index contributed by atoms with van der Waals surface area (Å²) in [6, 6.07) is 61.0. The molecule has 0 saturated heterocycles. The first-order valence-electron chi connectivity index (χ1n) is 25.4. The lowest BCUT2D eigenvalue weighted by atomic mass is 9.43. The highest BCUT2D eigenvalue weighted by Gasteiger charge is 2.49. The molecule has 2 aliphatic heterocycles. The molecule has 0 fully saturated rings. The van der Waals surface area contributed by atoms with Crippen LogP contribution in [0.2, 0.25) is 0 Å². The van der Waals surface area contributed by atoms with E-state index in [9.17, 15) is 0 Å². The van der Waals surface area contributed by atoms with Crippen LogP contribution in [-0.2, 0) is 21.7 Å². The maximum atomic E-state index is 2.75. The number of fused-ring (bicyclic) bond motifs is 10. The first-order chi connectivity index (χ1) is 33.1.